The molecule has 1 aliphatic heterocycles. The monoisotopic (exact) mass is 279 g/mol. The zero-order valence-electron chi connectivity index (χ0n) is 12.2. The number of rotatable bonds is 6. The van der Waals surface area contributed by atoms with E-state index in [0.29, 0.717) is 5.56 Å². The van der Waals surface area contributed by atoms with Crippen LogP contribution in [0.5, 0.6) is 5.75 Å². The molecule has 1 N–H and O–H groups in total. The molecule has 0 amide bonds. The van der Waals surface area contributed by atoms with E-state index < -0.39 is 11.4 Å². The average Bonchev–Trinajstić information content (AvgIpc) is 2.91. The van der Waals surface area contributed by atoms with Gasteiger partial charge in [0.05, 0.1) is 12.6 Å². The Morgan fingerprint density at radius 1 is 1.50 bits per heavy atom. The highest BCUT2D eigenvalue weighted by Crippen LogP contribution is 2.28. The number of halogens is 1. The zero-order chi connectivity index (χ0) is 14.6. The Bertz CT molecular complexity index is 481. The molecule has 1 aromatic carbocycles. The van der Waals surface area contributed by atoms with Gasteiger partial charge in [-0.1, -0.05) is 25.5 Å². The lowest BCUT2D eigenvalue weighted by molar-refractivity contribution is -0.124. The number of methoxy groups -OCH3 is 1. The number of carbonyl (C=O) groups excluding carboxylic acids is 1. The number of Topliss-reactive ketones (excluding diaryl/α,β-unsaturated/α-hetero) is 1. The zero-order valence-corrected chi connectivity index (χ0v) is 12.2. The van der Waals surface area contributed by atoms with Crippen molar-refractivity contribution in [1.29, 1.82) is 0 Å². The Hall–Kier alpha value is -1.42. The van der Waals surface area contributed by atoms with Crippen LogP contribution in [0, 0.1) is 5.82 Å². The molecule has 0 spiro atoms. The molecule has 0 radical (unpaired) electrons. The van der Waals surface area contributed by atoms with Gasteiger partial charge in [0.15, 0.2) is 17.3 Å². The maximum absolute atomic E-state index is 14.1. The van der Waals surface area contributed by atoms with Gasteiger partial charge in [-0.05, 0) is 37.4 Å². The van der Waals surface area contributed by atoms with Crippen molar-refractivity contribution >= 4 is 5.78 Å². The summed E-state index contributed by atoms with van der Waals surface area (Å²) >= 11 is 0. The van der Waals surface area contributed by atoms with Crippen LogP contribution in [0.2, 0.25) is 0 Å². The predicted octanol–water partition coefficient (Wildman–Crippen LogP) is 2.87. The molecule has 4 heteroatoms. The van der Waals surface area contributed by atoms with Gasteiger partial charge < -0.3 is 10.1 Å². The first-order valence-corrected chi connectivity index (χ1v) is 7.22. The third-order valence-electron chi connectivity index (χ3n) is 4.07. The van der Waals surface area contributed by atoms with Gasteiger partial charge in [0, 0.05) is 6.42 Å². The van der Waals surface area contributed by atoms with E-state index in [4.69, 9.17) is 4.74 Å². The van der Waals surface area contributed by atoms with Crippen LogP contribution in [0.25, 0.3) is 0 Å². The van der Waals surface area contributed by atoms with Crippen LogP contribution >= 0.6 is 0 Å². The van der Waals surface area contributed by atoms with Crippen molar-refractivity contribution in [3.05, 3.63) is 29.6 Å². The lowest BCUT2D eigenvalue weighted by Gasteiger charge is -2.27. The summed E-state index contributed by atoms with van der Waals surface area (Å²) in [6.07, 6.45) is 3.74. The number of carbonyl (C=O) groups is 1. The summed E-state index contributed by atoms with van der Waals surface area (Å²) in [4.78, 5) is 12.6. The lowest BCUT2D eigenvalue weighted by atomic mass is 9.84. The summed E-state index contributed by atoms with van der Waals surface area (Å²) in [5.74, 6) is -0.142. The van der Waals surface area contributed by atoms with E-state index in [-0.39, 0.29) is 18.0 Å². The second kappa shape index (κ2) is 6.35. The predicted molar refractivity (Wildman–Crippen MR) is 76.5 cm³/mol. The van der Waals surface area contributed by atoms with Crippen molar-refractivity contribution in [2.75, 3.05) is 13.7 Å². The van der Waals surface area contributed by atoms with Crippen molar-refractivity contribution in [3.63, 3.8) is 0 Å². The first-order chi connectivity index (χ1) is 9.63. The number of nitrogens with one attached hydrogen (secondary N) is 1. The highest BCUT2D eigenvalue weighted by molar-refractivity contribution is 5.90. The number of ether oxygens (including phenoxy) is 1. The first kappa shape index (κ1) is 15.0. The Kier molecular flexibility index (Phi) is 4.76. The molecule has 3 nitrogen and oxygen atoms in total. The van der Waals surface area contributed by atoms with Crippen molar-refractivity contribution in [3.8, 4) is 5.75 Å². The first-order valence-electron chi connectivity index (χ1n) is 7.22. The van der Waals surface area contributed by atoms with Gasteiger partial charge in [-0.25, -0.2) is 4.39 Å². The van der Waals surface area contributed by atoms with Crippen molar-refractivity contribution in [2.24, 2.45) is 0 Å². The fraction of sp³-hybridized carbons (Fsp3) is 0.562. The molecule has 1 aliphatic rings. The minimum Gasteiger partial charge on any atom is -0.494 e. The molecule has 1 fully saturated rings. The quantitative estimate of drug-likeness (QED) is 0.870. The number of hydrogen-bond donors (Lipinski definition) is 1. The molecule has 20 heavy (non-hydrogen) atoms. The number of benzene rings is 1. The van der Waals surface area contributed by atoms with Gasteiger partial charge in [0.1, 0.15) is 0 Å². The number of ketones is 1. The fourth-order valence-electron chi connectivity index (χ4n) is 3.02. The second-order valence-electron chi connectivity index (χ2n) is 5.40. The summed E-state index contributed by atoms with van der Waals surface area (Å²) in [5, 5.41) is 3.34. The molecular formula is C16H22FNO2. The van der Waals surface area contributed by atoms with E-state index in [1.807, 2.05) is 0 Å². The average molecular weight is 279 g/mol. The molecule has 0 saturated carbocycles. The molecule has 0 aliphatic carbocycles. The third-order valence-corrected chi connectivity index (χ3v) is 4.07. The molecule has 2 rings (SSSR count). The van der Waals surface area contributed by atoms with Crippen molar-refractivity contribution < 1.29 is 13.9 Å². The molecule has 0 bridgehead atoms. The summed E-state index contributed by atoms with van der Waals surface area (Å²) < 4.78 is 19.1. The van der Waals surface area contributed by atoms with Crippen LogP contribution in [0.15, 0.2) is 18.2 Å². The topological polar surface area (TPSA) is 38.3 Å². The lowest BCUT2D eigenvalue weighted by Crippen LogP contribution is -2.48. The van der Waals surface area contributed by atoms with Crippen LogP contribution in [0.1, 0.15) is 38.2 Å². The normalized spacial score (nSPS) is 21.9. The molecule has 1 heterocycles. The summed E-state index contributed by atoms with van der Waals surface area (Å²) in [6.45, 7) is 2.94. The standard InChI is InChI=1S/C16H22FNO2/c1-3-8-16(9-5-10-18-16)14(19)11-12-6-4-7-13(20-2)15(12)17/h4,6-7,18H,3,5,8-11H2,1-2H3. The molecule has 0 aromatic heterocycles. The van der Waals surface area contributed by atoms with Crippen molar-refractivity contribution in [1.82, 2.24) is 5.32 Å². The summed E-state index contributed by atoms with van der Waals surface area (Å²) in [6, 6.07) is 4.95. The summed E-state index contributed by atoms with van der Waals surface area (Å²) in [5.41, 5.74) is -0.0388. The Balaban J connectivity index is 2.18. The third kappa shape index (κ3) is 2.85. The van der Waals surface area contributed by atoms with Crippen LogP contribution in [0.3, 0.4) is 0 Å². The van der Waals surface area contributed by atoms with Crippen LogP contribution < -0.4 is 10.1 Å². The minimum absolute atomic E-state index is 0.0870. The van der Waals surface area contributed by atoms with Crippen molar-refractivity contribution in [2.45, 2.75) is 44.6 Å². The summed E-state index contributed by atoms with van der Waals surface area (Å²) in [7, 11) is 1.43. The Morgan fingerprint density at radius 2 is 2.30 bits per heavy atom. The van der Waals surface area contributed by atoms with Crippen LogP contribution in [-0.4, -0.2) is 25.0 Å². The molecule has 110 valence electrons. The fourth-order valence-corrected chi connectivity index (χ4v) is 3.02. The van der Waals surface area contributed by atoms with E-state index in [1.54, 1.807) is 18.2 Å². The van der Waals surface area contributed by atoms with Crippen LogP contribution in [0.4, 0.5) is 4.39 Å². The van der Waals surface area contributed by atoms with Gasteiger partial charge >= 0.3 is 0 Å². The van der Waals surface area contributed by atoms with Crippen LogP contribution in [-0.2, 0) is 11.2 Å². The van der Waals surface area contributed by atoms with Gasteiger partial charge in [0.25, 0.3) is 0 Å². The Morgan fingerprint density at radius 3 is 2.90 bits per heavy atom. The smallest absolute Gasteiger partial charge is 0.168 e. The van der Waals surface area contributed by atoms with Gasteiger partial charge in [-0.3, -0.25) is 4.79 Å². The number of hydrogen-bond acceptors (Lipinski definition) is 3. The largest absolute Gasteiger partial charge is 0.494 e. The van der Waals surface area contributed by atoms with E-state index in [0.717, 1.165) is 32.2 Å². The highest BCUT2D eigenvalue weighted by Gasteiger charge is 2.39. The van der Waals surface area contributed by atoms with Gasteiger partial charge in [0.2, 0.25) is 0 Å². The highest BCUT2D eigenvalue weighted by atomic mass is 19.1. The molecule has 1 saturated heterocycles. The van der Waals surface area contributed by atoms with E-state index in [2.05, 4.69) is 12.2 Å². The Labute approximate surface area is 119 Å². The van der Waals surface area contributed by atoms with Gasteiger partial charge in [-0.15, -0.1) is 0 Å². The van der Waals surface area contributed by atoms with E-state index in [9.17, 15) is 9.18 Å². The SMILES string of the molecule is CCCC1(C(=O)Cc2cccc(OC)c2F)CCCN1. The minimum atomic E-state index is -0.454. The maximum Gasteiger partial charge on any atom is 0.168 e. The van der Waals surface area contributed by atoms with E-state index >= 15 is 0 Å². The molecular weight excluding hydrogens is 257 g/mol. The van der Waals surface area contributed by atoms with E-state index in [1.165, 1.54) is 7.11 Å². The maximum atomic E-state index is 14.1. The molecule has 1 atom stereocenters. The second-order valence-corrected chi connectivity index (χ2v) is 5.40. The molecule has 1 aromatic rings. The molecule has 1 unspecified atom stereocenters. The van der Waals surface area contributed by atoms with Gasteiger partial charge in [-0.2, -0.15) is 0 Å².